The van der Waals surface area contributed by atoms with E-state index >= 15 is 0 Å². The van der Waals surface area contributed by atoms with E-state index in [0.717, 1.165) is 5.69 Å². The second-order valence-corrected chi connectivity index (χ2v) is 7.98. The third-order valence-corrected chi connectivity index (χ3v) is 5.06. The smallest absolute Gasteiger partial charge is 0.254 e. The molecule has 1 aromatic heterocycles. The monoisotopic (exact) mass is 439 g/mol. The summed E-state index contributed by atoms with van der Waals surface area (Å²) >= 11 is 12.1. The maximum absolute atomic E-state index is 13.1. The molecule has 0 fully saturated rings. The minimum Gasteiger partial charge on any atom is -0.383 e. The summed E-state index contributed by atoms with van der Waals surface area (Å²) in [7, 11) is 3.53. The molecule has 2 rings (SSSR count). The number of rotatable bonds is 9. The van der Waals surface area contributed by atoms with Crippen molar-refractivity contribution in [2.24, 2.45) is 7.05 Å². The molecule has 0 N–H and O–H groups in total. The van der Waals surface area contributed by atoms with Gasteiger partial charge in [-0.05, 0) is 44.2 Å². The van der Waals surface area contributed by atoms with Crippen LogP contribution < -0.4 is 0 Å². The Hall–Kier alpha value is -2.02. The molecule has 0 bridgehead atoms. The molecule has 0 spiro atoms. The van der Waals surface area contributed by atoms with Gasteiger partial charge in [0.05, 0.1) is 13.2 Å². The van der Waals surface area contributed by atoms with Gasteiger partial charge >= 0.3 is 0 Å². The zero-order chi connectivity index (χ0) is 21.6. The van der Waals surface area contributed by atoms with E-state index in [1.165, 1.54) is 4.90 Å². The normalized spacial score (nSPS) is 11.0. The van der Waals surface area contributed by atoms with Crippen LogP contribution in [0.4, 0.5) is 0 Å². The Balaban J connectivity index is 2.20. The topological polar surface area (TPSA) is 54.8 Å². The number of amides is 2. The van der Waals surface area contributed by atoms with Crippen LogP contribution in [-0.4, -0.2) is 59.0 Å². The van der Waals surface area contributed by atoms with E-state index in [0.29, 0.717) is 35.3 Å². The largest absolute Gasteiger partial charge is 0.383 e. The first-order valence-corrected chi connectivity index (χ1v) is 10.1. The maximum atomic E-state index is 13.1. The number of methoxy groups -OCH3 is 1. The van der Waals surface area contributed by atoms with E-state index in [4.69, 9.17) is 27.9 Å². The number of aromatic nitrogens is 1. The molecule has 8 heteroatoms. The Bertz CT molecular complexity index is 831. The molecule has 6 nitrogen and oxygen atoms in total. The van der Waals surface area contributed by atoms with Crippen molar-refractivity contribution in [3.63, 3.8) is 0 Å². The number of hydrogen-bond donors (Lipinski definition) is 0. The van der Waals surface area contributed by atoms with Crippen molar-refractivity contribution in [3.8, 4) is 0 Å². The van der Waals surface area contributed by atoms with Crippen LogP contribution in [0.3, 0.4) is 0 Å². The van der Waals surface area contributed by atoms with Crippen LogP contribution >= 0.6 is 23.2 Å². The summed E-state index contributed by atoms with van der Waals surface area (Å²) in [5, 5.41) is 0.752. The van der Waals surface area contributed by atoms with Crippen molar-refractivity contribution in [1.29, 1.82) is 0 Å². The highest BCUT2D eigenvalue weighted by molar-refractivity contribution is 6.35. The minimum atomic E-state index is -0.289. The van der Waals surface area contributed by atoms with Crippen molar-refractivity contribution in [3.05, 3.63) is 57.8 Å². The van der Waals surface area contributed by atoms with Crippen molar-refractivity contribution in [2.45, 2.75) is 26.4 Å². The number of benzene rings is 1. The number of nitrogens with zero attached hydrogens (tertiary/aromatic N) is 3. The number of aryl methyl sites for hydroxylation is 1. The van der Waals surface area contributed by atoms with Crippen molar-refractivity contribution < 1.29 is 14.3 Å². The Morgan fingerprint density at radius 1 is 1.17 bits per heavy atom. The molecule has 0 aliphatic heterocycles. The Morgan fingerprint density at radius 3 is 2.34 bits per heavy atom. The van der Waals surface area contributed by atoms with E-state index in [9.17, 15) is 9.59 Å². The third-order valence-electron chi connectivity index (χ3n) is 4.62. The van der Waals surface area contributed by atoms with E-state index < -0.39 is 0 Å². The van der Waals surface area contributed by atoms with Crippen LogP contribution in [0.2, 0.25) is 10.0 Å². The number of hydrogen-bond acceptors (Lipinski definition) is 3. The van der Waals surface area contributed by atoms with E-state index in [2.05, 4.69) is 0 Å². The summed E-state index contributed by atoms with van der Waals surface area (Å²) in [6.45, 7) is 4.98. The second kappa shape index (κ2) is 10.7. The number of ether oxygens (including phenoxy) is 1. The van der Waals surface area contributed by atoms with Gasteiger partial charge in [-0.25, -0.2) is 0 Å². The van der Waals surface area contributed by atoms with E-state index in [1.807, 2.05) is 43.8 Å². The number of carbonyl (C=O) groups is 2. The predicted octanol–water partition coefficient (Wildman–Crippen LogP) is 3.86. The van der Waals surface area contributed by atoms with Gasteiger partial charge in [0, 0.05) is 54.2 Å². The summed E-state index contributed by atoms with van der Waals surface area (Å²) in [5.41, 5.74) is 1.35. The predicted molar refractivity (Wildman–Crippen MR) is 115 cm³/mol. The van der Waals surface area contributed by atoms with Crippen molar-refractivity contribution in [1.82, 2.24) is 14.4 Å². The third kappa shape index (κ3) is 6.49. The van der Waals surface area contributed by atoms with Gasteiger partial charge in [-0.1, -0.05) is 23.2 Å². The van der Waals surface area contributed by atoms with Gasteiger partial charge in [0.2, 0.25) is 5.91 Å². The maximum Gasteiger partial charge on any atom is 0.254 e. The lowest BCUT2D eigenvalue weighted by Gasteiger charge is -2.30. The minimum absolute atomic E-state index is 0.0469. The van der Waals surface area contributed by atoms with E-state index in [1.54, 1.807) is 30.2 Å². The SMILES string of the molecule is COCCN(Cc1cccn1C)C(=O)CN(C(=O)c1cc(Cl)cc(Cl)c1)C(C)C. The van der Waals surface area contributed by atoms with Crippen LogP contribution in [-0.2, 0) is 23.1 Å². The molecular formula is C21H27Cl2N3O3. The van der Waals surface area contributed by atoms with Gasteiger partial charge in [-0.2, -0.15) is 0 Å². The summed E-state index contributed by atoms with van der Waals surface area (Å²) in [6.07, 6.45) is 1.93. The molecule has 29 heavy (non-hydrogen) atoms. The zero-order valence-corrected chi connectivity index (χ0v) is 18.7. The molecule has 2 amide bonds. The average Bonchev–Trinajstić information content (AvgIpc) is 3.05. The Kier molecular flexibility index (Phi) is 8.56. The standard InChI is InChI=1S/C21H27Cl2N3O3/c1-15(2)26(21(28)16-10-17(22)12-18(23)11-16)14-20(27)25(8-9-29-4)13-19-6-5-7-24(19)3/h5-7,10-12,15H,8-9,13-14H2,1-4H3. The molecular weight excluding hydrogens is 413 g/mol. The fourth-order valence-electron chi connectivity index (χ4n) is 2.93. The van der Waals surface area contributed by atoms with Gasteiger partial charge in [0.25, 0.3) is 5.91 Å². The van der Waals surface area contributed by atoms with Crippen LogP contribution in [0.5, 0.6) is 0 Å². The lowest BCUT2D eigenvalue weighted by Crippen LogP contribution is -2.46. The lowest BCUT2D eigenvalue weighted by molar-refractivity contribution is -0.133. The molecule has 0 aliphatic rings. The highest BCUT2D eigenvalue weighted by Gasteiger charge is 2.25. The molecule has 1 aromatic carbocycles. The Morgan fingerprint density at radius 2 is 1.83 bits per heavy atom. The molecule has 0 saturated carbocycles. The highest BCUT2D eigenvalue weighted by atomic mass is 35.5. The first kappa shape index (κ1) is 23.3. The summed E-state index contributed by atoms with van der Waals surface area (Å²) in [6, 6.07) is 8.40. The summed E-state index contributed by atoms with van der Waals surface area (Å²) in [5.74, 6) is -0.443. The number of halogens is 2. The van der Waals surface area contributed by atoms with Gasteiger partial charge in [0.15, 0.2) is 0 Å². The van der Waals surface area contributed by atoms with Crippen molar-refractivity contribution in [2.75, 3.05) is 26.8 Å². The first-order chi connectivity index (χ1) is 13.7. The van der Waals surface area contributed by atoms with Gasteiger partial charge in [0.1, 0.15) is 6.54 Å². The van der Waals surface area contributed by atoms with Crippen LogP contribution in [0.1, 0.15) is 29.9 Å². The van der Waals surface area contributed by atoms with Crippen molar-refractivity contribution >= 4 is 35.0 Å². The lowest BCUT2D eigenvalue weighted by atomic mass is 10.1. The van der Waals surface area contributed by atoms with Crippen LogP contribution in [0.25, 0.3) is 0 Å². The van der Waals surface area contributed by atoms with Gasteiger partial charge in [-0.3, -0.25) is 9.59 Å². The fraction of sp³-hybridized carbons (Fsp3) is 0.429. The van der Waals surface area contributed by atoms with Crippen LogP contribution in [0.15, 0.2) is 36.5 Å². The summed E-state index contributed by atoms with van der Waals surface area (Å²) in [4.78, 5) is 29.4. The molecule has 1 heterocycles. The molecule has 0 saturated heterocycles. The molecule has 158 valence electrons. The number of carbonyl (C=O) groups excluding carboxylic acids is 2. The van der Waals surface area contributed by atoms with Gasteiger partial charge in [-0.15, -0.1) is 0 Å². The van der Waals surface area contributed by atoms with Crippen LogP contribution in [0, 0.1) is 0 Å². The van der Waals surface area contributed by atoms with Gasteiger partial charge < -0.3 is 19.1 Å². The average molecular weight is 440 g/mol. The first-order valence-electron chi connectivity index (χ1n) is 9.37. The quantitative estimate of drug-likeness (QED) is 0.595. The fourth-order valence-corrected chi connectivity index (χ4v) is 3.45. The highest BCUT2D eigenvalue weighted by Crippen LogP contribution is 2.21. The summed E-state index contributed by atoms with van der Waals surface area (Å²) < 4.78 is 7.12. The second-order valence-electron chi connectivity index (χ2n) is 7.10. The molecule has 2 aromatic rings. The molecule has 0 atom stereocenters. The van der Waals surface area contributed by atoms with E-state index in [-0.39, 0.29) is 24.4 Å². The zero-order valence-electron chi connectivity index (χ0n) is 17.2. The molecule has 0 unspecified atom stereocenters. The molecule has 0 radical (unpaired) electrons. The Labute approximate surface area is 181 Å². The molecule has 0 aliphatic carbocycles.